The third kappa shape index (κ3) is 4.97. The second-order valence-corrected chi connectivity index (χ2v) is 6.57. The minimum Gasteiger partial charge on any atom is -0.763 e. The van der Waals surface area contributed by atoms with Crippen LogP contribution in [0.5, 0.6) is 0 Å². The smallest absolute Gasteiger partial charge is 0.225 e. The number of halogens is 1. The molecule has 5 nitrogen and oxygen atoms in total. The van der Waals surface area contributed by atoms with Crippen LogP contribution in [-0.4, -0.2) is 50.1 Å². The Hall–Kier alpha value is -1.56. The van der Waals surface area contributed by atoms with Crippen LogP contribution in [0, 0.1) is 0 Å². The number of carbonyl (C=O) groups excluding carboxylic acids is 1. The first-order chi connectivity index (χ1) is 11.5. The molecule has 1 aromatic rings. The van der Waals surface area contributed by atoms with Crippen LogP contribution in [0.1, 0.15) is 17.9 Å². The Labute approximate surface area is 152 Å². The lowest BCUT2D eigenvalue weighted by molar-refractivity contribution is -0.888. The van der Waals surface area contributed by atoms with E-state index < -0.39 is 0 Å². The summed E-state index contributed by atoms with van der Waals surface area (Å²) < 4.78 is 5.12. The van der Waals surface area contributed by atoms with E-state index in [1.54, 1.807) is 17.0 Å². The van der Waals surface area contributed by atoms with E-state index in [1.165, 1.54) is 13.1 Å². The van der Waals surface area contributed by atoms with E-state index in [-0.39, 0.29) is 23.2 Å². The summed E-state index contributed by atoms with van der Waals surface area (Å²) in [6, 6.07) is 7.18. The van der Waals surface area contributed by atoms with E-state index in [0.717, 1.165) is 18.8 Å². The number of nitrogens with zero attached hydrogens (tertiary/aromatic N) is 1. The second kappa shape index (κ2) is 9.06. The van der Waals surface area contributed by atoms with Crippen LogP contribution in [0.2, 0.25) is 5.02 Å². The number of thiocarbonyl (C=S) groups is 1. The van der Waals surface area contributed by atoms with E-state index in [9.17, 15) is 4.79 Å². The normalized spacial score (nSPS) is 21.4. The molecule has 1 aromatic carbocycles. The molecule has 24 heavy (non-hydrogen) atoms. The van der Waals surface area contributed by atoms with Crippen LogP contribution in [0.4, 0.5) is 0 Å². The first-order valence-electron chi connectivity index (χ1n) is 7.77. The Balaban J connectivity index is 0.000000249. The zero-order chi connectivity index (χ0) is 17.5. The fourth-order valence-electron chi connectivity index (χ4n) is 2.56. The molecule has 2 fully saturated rings. The van der Waals surface area contributed by atoms with E-state index in [4.69, 9.17) is 34.0 Å². The molecule has 1 atom stereocenters. The molecule has 128 valence electrons. The molecule has 0 aromatic heterocycles. The standard InChI is InChI=1S/C12H8ClN2OS.C5H11NO/c13-10-4-2-1-3-7(10)8-5-11(16)15-12(17)9(8)6-14;1-6-2-4-7-5-3-6/h1-4,8H,5H2,(H,15,16,17);2-5H2,1H3/q-1;/p+1. The third-order valence-electron chi connectivity index (χ3n) is 3.98. The lowest BCUT2D eigenvalue weighted by Gasteiger charge is -2.26. The highest BCUT2D eigenvalue weighted by atomic mass is 35.5. The number of likely N-dealkylation sites (N-methyl/N-ethyl adjacent to an activating group) is 1. The first-order valence-corrected chi connectivity index (χ1v) is 8.56. The number of piperidine rings is 1. The van der Waals surface area contributed by atoms with E-state index >= 15 is 0 Å². The maximum Gasteiger partial charge on any atom is 0.225 e. The van der Waals surface area contributed by atoms with Gasteiger partial charge in [-0.05, 0) is 11.6 Å². The number of nitrogens with one attached hydrogen (secondary N) is 2. The van der Waals surface area contributed by atoms with E-state index in [0.29, 0.717) is 10.6 Å². The molecular weight excluding hydrogens is 346 g/mol. The van der Waals surface area contributed by atoms with Crippen LogP contribution in [0.15, 0.2) is 29.8 Å². The zero-order valence-corrected chi connectivity index (χ0v) is 15.0. The summed E-state index contributed by atoms with van der Waals surface area (Å²) in [6.45, 7) is 4.26. The van der Waals surface area contributed by atoms with Crippen molar-refractivity contribution < 1.29 is 14.4 Å². The summed E-state index contributed by atoms with van der Waals surface area (Å²) in [5.41, 5.74) is 1.16. The molecule has 3 rings (SSSR count). The van der Waals surface area contributed by atoms with Gasteiger partial charge in [0.1, 0.15) is 18.1 Å². The van der Waals surface area contributed by atoms with Crippen molar-refractivity contribution in [3.05, 3.63) is 45.8 Å². The van der Waals surface area contributed by atoms with Gasteiger partial charge in [-0.1, -0.05) is 42.0 Å². The maximum atomic E-state index is 11.5. The summed E-state index contributed by atoms with van der Waals surface area (Å²) >= 11 is 11.1. The molecule has 2 saturated heterocycles. The highest BCUT2D eigenvalue weighted by Gasteiger charge is 2.29. The van der Waals surface area contributed by atoms with Crippen LogP contribution in [0.3, 0.4) is 0 Å². The number of carbonyl (C=O) groups is 1. The van der Waals surface area contributed by atoms with Crippen molar-refractivity contribution in [1.29, 1.82) is 0 Å². The lowest BCUT2D eigenvalue weighted by Crippen LogP contribution is -3.11. The van der Waals surface area contributed by atoms with Crippen molar-refractivity contribution in [3.8, 4) is 0 Å². The Kier molecular flexibility index (Phi) is 7.09. The highest BCUT2D eigenvalue weighted by Crippen LogP contribution is 2.34. The topological polar surface area (TPSA) is 65.1 Å². The number of morpholine rings is 1. The van der Waals surface area contributed by atoms with Gasteiger partial charge in [-0.15, -0.1) is 0 Å². The van der Waals surface area contributed by atoms with Gasteiger partial charge in [0.25, 0.3) is 0 Å². The number of rotatable bonds is 1. The van der Waals surface area contributed by atoms with Gasteiger partial charge < -0.3 is 20.4 Å². The summed E-state index contributed by atoms with van der Waals surface area (Å²) in [5.74, 6) is 1.53. The number of quaternary nitrogens is 1. The van der Waals surface area contributed by atoms with Gasteiger partial charge in [0, 0.05) is 22.9 Å². The minimum absolute atomic E-state index is 0.182. The third-order valence-corrected chi connectivity index (χ3v) is 4.65. The molecule has 2 heterocycles. The molecule has 0 aliphatic carbocycles. The van der Waals surface area contributed by atoms with Crippen molar-refractivity contribution in [2.75, 3.05) is 33.4 Å². The Morgan fingerprint density at radius 3 is 2.58 bits per heavy atom. The maximum absolute atomic E-state index is 11.5. The average molecular weight is 366 g/mol. The van der Waals surface area contributed by atoms with Gasteiger partial charge in [-0.25, -0.2) is 0 Å². The van der Waals surface area contributed by atoms with Crippen molar-refractivity contribution in [3.63, 3.8) is 0 Å². The molecule has 2 N–H and O–H groups in total. The molecule has 2 aliphatic heterocycles. The van der Waals surface area contributed by atoms with Crippen molar-refractivity contribution >= 4 is 40.6 Å². The lowest BCUT2D eigenvalue weighted by atomic mass is 9.86. The molecule has 0 spiro atoms. The molecule has 0 radical (unpaired) electrons. The quantitative estimate of drug-likeness (QED) is 0.443. The van der Waals surface area contributed by atoms with Crippen molar-refractivity contribution in [2.24, 2.45) is 0 Å². The van der Waals surface area contributed by atoms with Gasteiger partial charge in [0.05, 0.1) is 20.3 Å². The number of amides is 1. The fourth-order valence-corrected chi connectivity index (χ4v) is 3.13. The largest absolute Gasteiger partial charge is 0.763 e. The monoisotopic (exact) mass is 365 g/mol. The SMILES string of the molecule is C[NH+]1CCOCC1.[N-]=C=C1C(=S)NC(=O)CC1c1ccccc1Cl. The van der Waals surface area contributed by atoms with Gasteiger partial charge in [0.15, 0.2) is 0 Å². The summed E-state index contributed by atoms with van der Waals surface area (Å²) in [7, 11) is 2.20. The van der Waals surface area contributed by atoms with Crippen molar-refractivity contribution in [2.45, 2.75) is 12.3 Å². The predicted octanol–water partition coefficient (Wildman–Crippen LogP) is 0.968. The molecular formula is C17H20ClN3O2S. The number of benzene rings is 1. The fraction of sp³-hybridized carbons (Fsp3) is 0.412. The Morgan fingerprint density at radius 1 is 1.38 bits per heavy atom. The molecule has 0 saturated carbocycles. The first kappa shape index (κ1) is 18.8. The summed E-state index contributed by atoms with van der Waals surface area (Å²) in [4.78, 5) is 13.3. The number of ether oxygens (including phenoxy) is 1. The number of hydrogen-bond acceptors (Lipinski definition) is 3. The molecule has 0 bridgehead atoms. The average Bonchev–Trinajstić information content (AvgIpc) is 2.56. The van der Waals surface area contributed by atoms with Gasteiger partial charge in [-0.3, -0.25) is 10.7 Å². The van der Waals surface area contributed by atoms with E-state index in [2.05, 4.69) is 18.2 Å². The second-order valence-electron chi connectivity index (χ2n) is 5.75. The van der Waals surface area contributed by atoms with Crippen molar-refractivity contribution in [1.82, 2.24) is 5.32 Å². The molecule has 1 unspecified atom stereocenters. The van der Waals surface area contributed by atoms with E-state index in [1.807, 2.05) is 12.1 Å². The van der Waals surface area contributed by atoms with Crippen LogP contribution in [0.25, 0.3) is 5.41 Å². The summed E-state index contributed by atoms with van der Waals surface area (Å²) in [5, 5.41) is 12.1. The summed E-state index contributed by atoms with van der Waals surface area (Å²) in [6.07, 6.45) is 0.201. The predicted molar refractivity (Wildman–Crippen MR) is 98.9 cm³/mol. The van der Waals surface area contributed by atoms with Gasteiger partial charge in [0.2, 0.25) is 5.91 Å². The van der Waals surface area contributed by atoms with Crippen LogP contribution >= 0.6 is 23.8 Å². The number of hydrogen-bond donors (Lipinski definition) is 2. The van der Waals surface area contributed by atoms with Gasteiger partial charge in [-0.2, -0.15) is 0 Å². The Bertz CT molecular complexity index is 668. The molecule has 7 heteroatoms. The van der Waals surface area contributed by atoms with Crippen LogP contribution < -0.4 is 10.2 Å². The van der Waals surface area contributed by atoms with Crippen LogP contribution in [-0.2, 0) is 9.53 Å². The Morgan fingerprint density at radius 2 is 2.04 bits per heavy atom. The zero-order valence-electron chi connectivity index (χ0n) is 13.5. The highest BCUT2D eigenvalue weighted by molar-refractivity contribution is 7.80. The van der Waals surface area contributed by atoms with Gasteiger partial charge >= 0.3 is 0 Å². The molecule has 2 aliphatic rings. The minimum atomic E-state index is -0.338. The molecule has 1 amide bonds.